The molecule has 4 bridgehead atoms. The molecule has 4 fully saturated rings. The summed E-state index contributed by atoms with van der Waals surface area (Å²) in [6, 6.07) is 5.71. The smallest absolute Gasteiger partial charge is 0.163 e. The van der Waals surface area contributed by atoms with Gasteiger partial charge in [0.25, 0.3) is 0 Å². The third kappa shape index (κ3) is 3.42. The molecule has 27 heavy (non-hydrogen) atoms. The van der Waals surface area contributed by atoms with Crippen LogP contribution in [0.2, 0.25) is 0 Å². The molecule has 0 radical (unpaired) electrons. The molecule has 0 saturated heterocycles. The molecule has 1 aromatic rings. The zero-order valence-electron chi connectivity index (χ0n) is 16.1. The summed E-state index contributed by atoms with van der Waals surface area (Å²) in [6.45, 7) is 0.879. The molecule has 2 N–H and O–H groups in total. The zero-order chi connectivity index (χ0) is 18.4. The van der Waals surface area contributed by atoms with Crippen molar-refractivity contribution in [2.75, 3.05) is 13.2 Å². The van der Waals surface area contributed by atoms with Crippen molar-refractivity contribution in [3.63, 3.8) is 0 Å². The standard InChI is InChI=1S/C23H31NO3/c25-18(13-24-23-10-15-7-16(11-23)9-17(8-15)12-23)14-27-22-6-2-3-19-20(22)4-1-5-21(19)26/h2-3,6,15-18,24-25H,1,4-5,7-14H2. The Kier molecular flexibility index (Phi) is 4.52. The van der Waals surface area contributed by atoms with E-state index < -0.39 is 6.10 Å². The molecule has 0 aliphatic heterocycles. The fourth-order valence-corrected chi connectivity index (χ4v) is 6.69. The van der Waals surface area contributed by atoms with Gasteiger partial charge >= 0.3 is 0 Å². The fourth-order valence-electron chi connectivity index (χ4n) is 6.69. The highest BCUT2D eigenvalue weighted by Crippen LogP contribution is 2.55. The van der Waals surface area contributed by atoms with Crippen molar-refractivity contribution in [1.29, 1.82) is 0 Å². The van der Waals surface area contributed by atoms with Crippen molar-refractivity contribution in [3.8, 4) is 5.75 Å². The maximum Gasteiger partial charge on any atom is 0.163 e. The predicted octanol–water partition coefficient (Wildman–Crippen LogP) is 3.50. The molecule has 1 atom stereocenters. The summed E-state index contributed by atoms with van der Waals surface area (Å²) in [4.78, 5) is 12.1. The second-order valence-corrected chi connectivity index (χ2v) is 9.60. The van der Waals surface area contributed by atoms with Gasteiger partial charge in [-0.2, -0.15) is 0 Å². The number of fused-ring (bicyclic) bond motifs is 1. The minimum atomic E-state index is -0.520. The van der Waals surface area contributed by atoms with E-state index in [0.29, 0.717) is 13.0 Å². The number of carbonyl (C=O) groups excluding carboxylic acids is 1. The molecule has 4 nitrogen and oxygen atoms in total. The Labute approximate surface area is 161 Å². The van der Waals surface area contributed by atoms with Gasteiger partial charge in [0, 0.05) is 29.6 Å². The van der Waals surface area contributed by atoms with Crippen molar-refractivity contribution in [2.24, 2.45) is 17.8 Å². The zero-order valence-corrected chi connectivity index (χ0v) is 16.1. The Morgan fingerprint density at radius 3 is 2.52 bits per heavy atom. The monoisotopic (exact) mass is 369 g/mol. The van der Waals surface area contributed by atoms with Crippen LogP contribution in [-0.2, 0) is 6.42 Å². The van der Waals surface area contributed by atoms with Gasteiger partial charge in [0.2, 0.25) is 0 Å². The Morgan fingerprint density at radius 2 is 1.81 bits per heavy atom. The second kappa shape index (κ2) is 6.89. The first-order valence-electron chi connectivity index (χ1n) is 10.8. The molecule has 1 aromatic carbocycles. The molecule has 4 saturated carbocycles. The summed E-state index contributed by atoms with van der Waals surface area (Å²) in [7, 11) is 0. The number of benzene rings is 1. The molecule has 0 amide bonds. The van der Waals surface area contributed by atoms with Gasteiger partial charge in [0.15, 0.2) is 5.78 Å². The van der Waals surface area contributed by atoms with Crippen LogP contribution in [0.15, 0.2) is 18.2 Å². The van der Waals surface area contributed by atoms with Crippen LogP contribution >= 0.6 is 0 Å². The van der Waals surface area contributed by atoms with Crippen molar-refractivity contribution in [2.45, 2.75) is 69.4 Å². The average Bonchev–Trinajstić information content (AvgIpc) is 2.64. The van der Waals surface area contributed by atoms with E-state index in [4.69, 9.17) is 4.74 Å². The first-order valence-corrected chi connectivity index (χ1v) is 10.8. The van der Waals surface area contributed by atoms with E-state index in [1.807, 2.05) is 18.2 Å². The van der Waals surface area contributed by atoms with Crippen LogP contribution in [0.4, 0.5) is 0 Å². The molecule has 146 valence electrons. The molecular weight excluding hydrogens is 338 g/mol. The summed E-state index contributed by atoms with van der Waals surface area (Å²) >= 11 is 0. The Bertz CT molecular complexity index is 693. The minimum absolute atomic E-state index is 0.214. The molecule has 6 rings (SSSR count). The summed E-state index contributed by atoms with van der Waals surface area (Å²) in [5.41, 5.74) is 2.10. The summed E-state index contributed by atoms with van der Waals surface area (Å²) < 4.78 is 5.94. The lowest BCUT2D eigenvalue weighted by atomic mass is 9.53. The van der Waals surface area contributed by atoms with E-state index in [0.717, 1.165) is 47.5 Å². The van der Waals surface area contributed by atoms with Gasteiger partial charge < -0.3 is 15.2 Å². The number of ketones is 1. The Morgan fingerprint density at radius 1 is 1.11 bits per heavy atom. The Hall–Kier alpha value is -1.39. The number of β-amino-alcohol motifs (C(OH)–C–C–N with tert-alkyl or cyclic N) is 1. The van der Waals surface area contributed by atoms with Gasteiger partial charge in [0.1, 0.15) is 18.5 Å². The first kappa shape index (κ1) is 17.7. The van der Waals surface area contributed by atoms with Crippen LogP contribution in [0, 0.1) is 17.8 Å². The molecular formula is C23H31NO3. The van der Waals surface area contributed by atoms with Crippen molar-refractivity contribution in [3.05, 3.63) is 29.3 Å². The summed E-state index contributed by atoms with van der Waals surface area (Å²) in [5, 5.41) is 14.3. The van der Waals surface area contributed by atoms with Crippen LogP contribution in [0.25, 0.3) is 0 Å². The van der Waals surface area contributed by atoms with E-state index in [-0.39, 0.29) is 17.9 Å². The number of aliphatic hydroxyl groups is 1. The summed E-state index contributed by atoms with van der Waals surface area (Å²) in [6.07, 6.45) is 10.1. The lowest BCUT2D eigenvalue weighted by Crippen LogP contribution is -2.59. The predicted molar refractivity (Wildman–Crippen MR) is 104 cm³/mol. The van der Waals surface area contributed by atoms with E-state index in [9.17, 15) is 9.90 Å². The third-order valence-corrected chi connectivity index (χ3v) is 7.45. The maximum absolute atomic E-state index is 12.1. The van der Waals surface area contributed by atoms with E-state index in [1.54, 1.807) is 0 Å². The minimum Gasteiger partial charge on any atom is -0.491 e. The maximum atomic E-state index is 12.1. The van der Waals surface area contributed by atoms with E-state index in [1.165, 1.54) is 38.5 Å². The SMILES string of the molecule is O=C1CCCc2c(OCC(O)CNC34CC5CC(CC(C5)C3)C4)cccc21. The number of hydrogen-bond acceptors (Lipinski definition) is 4. The van der Waals surface area contributed by atoms with Crippen LogP contribution in [-0.4, -0.2) is 35.7 Å². The van der Waals surface area contributed by atoms with Gasteiger partial charge in [-0.25, -0.2) is 0 Å². The van der Waals surface area contributed by atoms with Gasteiger partial charge in [-0.15, -0.1) is 0 Å². The highest BCUT2D eigenvalue weighted by atomic mass is 16.5. The fraction of sp³-hybridized carbons (Fsp3) is 0.696. The number of hydrogen-bond donors (Lipinski definition) is 2. The number of aliphatic hydroxyl groups excluding tert-OH is 1. The number of nitrogens with one attached hydrogen (secondary N) is 1. The average molecular weight is 370 g/mol. The van der Waals surface area contributed by atoms with Crippen LogP contribution < -0.4 is 10.1 Å². The highest BCUT2D eigenvalue weighted by molar-refractivity contribution is 5.99. The number of Topliss-reactive ketones (excluding diaryl/α,β-unsaturated/α-hetero) is 1. The summed E-state index contributed by atoms with van der Waals surface area (Å²) in [5.74, 6) is 3.71. The van der Waals surface area contributed by atoms with Gasteiger partial charge in [-0.3, -0.25) is 4.79 Å². The van der Waals surface area contributed by atoms with E-state index >= 15 is 0 Å². The third-order valence-electron chi connectivity index (χ3n) is 7.45. The molecule has 5 aliphatic carbocycles. The molecule has 0 aromatic heterocycles. The van der Waals surface area contributed by atoms with Gasteiger partial charge in [0.05, 0.1) is 0 Å². The number of ether oxygens (including phenoxy) is 1. The van der Waals surface area contributed by atoms with E-state index in [2.05, 4.69) is 5.32 Å². The van der Waals surface area contributed by atoms with Crippen LogP contribution in [0.5, 0.6) is 5.75 Å². The van der Waals surface area contributed by atoms with Crippen molar-refractivity contribution < 1.29 is 14.6 Å². The molecule has 4 heteroatoms. The number of carbonyl (C=O) groups is 1. The van der Waals surface area contributed by atoms with Crippen LogP contribution in [0.1, 0.15) is 67.3 Å². The molecule has 0 spiro atoms. The van der Waals surface area contributed by atoms with Crippen LogP contribution in [0.3, 0.4) is 0 Å². The lowest BCUT2D eigenvalue weighted by Gasteiger charge is -2.57. The second-order valence-electron chi connectivity index (χ2n) is 9.60. The highest BCUT2D eigenvalue weighted by Gasteiger charge is 2.50. The van der Waals surface area contributed by atoms with Gasteiger partial charge in [-0.05, 0) is 75.2 Å². The quantitative estimate of drug-likeness (QED) is 0.806. The van der Waals surface area contributed by atoms with Crippen molar-refractivity contribution in [1.82, 2.24) is 5.32 Å². The Balaban J connectivity index is 1.17. The first-order chi connectivity index (χ1) is 13.1. The molecule has 1 unspecified atom stereocenters. The lowest BCUT2D eigenvalue weighted by molar-refractivity contribution is -0.0267. The molecule has 0 heterocycles. The molecule has 5 aliphatic rings. The van der Waals surface area contributed by atoms with Crippen molar-refractivity contribution >= 4 is 5.78 Å². The topological polar surface area (TPSA) is 58.6 Å². The number of rotatable bonds is 6. The normalized spacial score (nSPS) is 35.1. The largest absolute Gasteiger partial charge is 0.491 e. The van der Waals surface area contributed by atoms with Gasteiger partial charge in [-0.1, -0.05) is 12.1 Å².